The van der Waals surface area contributed by atoms with Crippen LogP contribution < -0.4 is 9.47 Å². The zero-order valence-electron chi connectivity index (χ0n) is 12.1. The van der Waals surface area contributed by atoms with Gasteiger partial charge < -0.3 is 14.4 Å². The van der Waals surface area contributed by atoms with E-state index in [1.165, 1.54) is 17.1 Å². The summed E-state index contributed by atoms with van der Waals surface area (Å²) >= 11 is 0. The van der Waals surface area contributed by atoms with Crippen molar-refractivity contribution in [1.29, 1.82) is 0 Å². The lowest BCUT2D eigenvalue weighted by Gasteiger charge is -2.22. The third-order valence-electron chi connectivity index (χ3n) is 3.24. The van der Waals surface area contributed by atoms with E-state index < -0.39 is 0 Å². The van der Waals surface area contributed by atoms with E-state index >= 15 is 0 Å². The minimum Gasteiger partial charge on any atom is -0.493 e. The van der Waals surface area contributed by atoms with E-state index in [1.54, 1.807) is 32.4 Å². The number of halogens is 1. The van der Waals surface area contributed by atoms with Crippen LogP contribution in [0.25, 0.3) is 6.08 Å². The van der Waals surface area contributed by atoms with Crippen molar-refractivity contribution in [3.8, 4) is 11.5 Å². The van der Waals surface area contributed by atoms with Crippen molar-refractivity contribution in [3.05, 3.63) is 41.7 Å². The van der Waals surface area contributed by atoms with Crippen LogP contribution in [0, 0.1) is 0 Å². The predicted molar refractivity (Wildman–Crippen MR) is 79.0 cm³/mol. The highest BCUT2D eigenvalue weighted by atomic mass is 19.1. The Labute approximate surface area is 123 Å². The SMILES string of the molecule is COc1ccc(/C=C/C(=O)N2CCC=C(F)C2)cc1OC. The van der Waals surface area contributed by atoms with Crippen LogP contribution in [0.3, 0.4) is 0 Å². The van der Waals surface area contributed by atoms with Gasteiger partial charge in [0.15, 0.2) is 11.5 Å². The third kappa shape index (κ3) is 3.84. The lowest BCUT2D eigenvalue weighted by atomic mass is 10.1. The summed E-state index contributed by atoms with van der Waals surface area (Å²) in [5, 5.41) is 0. The average Bonchev–Trinajstić information content (AvgIpc) is 2.52. The number of methoxy groups -OCH3 is 2. The van der Waals surface area contributed by atoms with E-state index in [1.807, 2.05) is 6.07 Å². The fourth-order valence-corrected chi connectivity index (χ4v) is 2.12. The monoisotopic (exact) mass is 291 g/mol. The Morgan fingerprint density at radius 3 is 2.71 bits per heavy atom. The molecule has 0 unspecified atom stereocenters. The fraction of sp³-hybridized carbons (Fsp3) is 0.312. The second-order valence-electron chi connectivity index (χ2n) is 4.65. The van der Waals surface area contributed by atoms with Gasteiger partial charge in [0.05, 0.1) is 20.8 Å². The van der Waals surface area contributed by atoms with Crippen LogP contribution >= 0.6 is 0 Å². The molecule has 0 atom stereocenters. The van der Waals surface area contributed by atoms with Crippen LogP contribution in [0.15, 0.2) is 36.2 Å². The van der Waals surface area contributed by atoms with Gasteiger partial charge in [0, 0.05) is 12.6 Å². The van der Waals surface area contributed by atoms with E-state index in [-0.39, 0.29) is 18.3 Å². The number of carbonyl (C=O) groups is 1. The topological polar surface area (TPSA) is 38.8 Å². The highest BCUT2D eigenvalue weighted by Gasteiger charge is 2.15. The summed E-state index contributed by atoms with van der Waals surface area (Å²) in [7, 11) is 3.12. The van der Waals surface area contributed by atoms with Crippen molar-refractivity contribution in [1.82, 2.24) is 4.90 Å². The number of hydrogen-bond donors (Lipinski definition) is 0. The van der Waals surface area contributed by atoms with Gasteiger partial charge >= 0.3 is 0 Å². The van der Waals surface area contributed by atoms with Gasteiger partial charge in [-0.1, -0.05) is 6.07 Å². The molecule has 1 aromatic carbocycles. The molecule has 4 nitrogen and oxygen atoms in total. The Hall–Kier alpha value is -2.30. The Bertz CT molecular complexity index is 581. The molecule has 0 aliphatic carbocycles. The van der Waals surface area contributed by atoms with Crippen molar-refractivity contribution in [2.75, 3.05) is 27.3 Å². The molecule has 1 aromatic rings. The largest absolute Gasteiger partial charge is 0.493 e. The maximum absolute atomic E-state index is 13.2. The predicted octanol–water partition coefficient (Wildman–Crippen LogP) is 2.80. The minimum absolute atomic E-state index is 0.0507. The summed E-state index contributed by atoms with van der Waals surface area (Å²) < 4.78 is 23.5. The van der Waals surface area contributed by atoms with Crippen LogP contribution in [0.2, 0.25) is 0 Å². The first-order valence-electron chi connectivity index (χ1n) is 6.67. The second-order valence-corrected chi connectivity index (χ2v) is 4.65. The summed E-state index contributed by atoms with van der Waals surface area (Å²) in [5.74, 6) is 0.769. The van der Waals surface area contributed by atoms with Crippen LogP contribution in [-0.4, -0.2) is 38.1 Å². The molecular formula is C16H18FNO3. The van der Waals surface area contributed by atoms with Crippen molar-refractivity contribution in [3.63, 3.8) is 0 Å². The van der Waals surface area contributed by atoms with Gasteiger partial charge in [0.1, 0.15) is 5.83 Å². The number of nitrogens with zero attached hydrogens (tertiary/aromatic N) is 1. The zero-order valence-corrected chi connectivity index (χ0v) is 12.1. The Balaban J connectivity index is 2.07. The lowest BCUT2D eigenvalue weighted by molar-refractivity contribution is -0.125. The number of hydrogen-bond acceptors (Lipinski definition) is 3. The third-order valence-corrected chi connectivity index (χ3v) is 3.24. The number of ether oxygens (including phenoxy) is 2. The molecular weight excluding hydrogens is 273 g/mol. The average molecular weight is 291 g/mol. The van der Waals surface area contributed by atoms with Crippen LogP contribution in [0.4, 0.5) is 4.39 Å². The van der Waals surface area contributed by atoms with E-state index in [4.69, 9.17) is 9.47 Å². The molecule has 0 spiro atoms. The van der Waals surface area contributed by atoms with Crippen molar-refractivity contribution < 1.29 is 18.7 Å². The first-order valence-corrected chi connectivity index (χ1v) is 6.67. The Kier molecular flexibility index (Phi) is 4.98. The van der Waals surface area contributed by atoms with Crippen LogP contribution in [-0.2, 0) is 4.79 Å². The molecule has 0 saturated carbocycles. The molecule has 21 heavy (non-hydrogen) atoms. The smallest absolute Gasteiger partial charge is 0.246 e. The molecule has 0 bridgehead atoms. The van der Waals surface area contributed by atoms with Gasteiger partial charge in [0.2, 0.25) is 5.91 Å². The van der Waals surface area contributed by atoms with E-state index in [9.17, 15) is 9.18 Å². The molecule has 1 aliphatic heterocycles. The summed E-state index contributed by atoms with van der Waals surface area (Å²) in [4.78, 5) is 13.5. The highest BCUT2D eigenvalue weighted by molar-refractivity contribution is 5.92. The van der Waals surface area contributed by atoms with E-state index in [0.29, 0.717) is 24.5 Å². The summed E-state index contributed by atoms with van der Waals surface area (Å²) in [5.41, 5.74) is 0.814. The van der Waals surface area contributed by atoms with Gasteiger partial charge in [-0.05, 0) is 36.3 Å². The van der Waals surface area contributed by atoms with Crippen LogP contribution in [0.5, 0.6) is 11.5 Å². The molecule has 112 valence electrons. The molecule has 0 N–H and O–H groups in total. The summed E-state index contributed by atoms with van der Waals surface area (Å²) in [6.07, 6.45) is 5.20. The van der Waals surface area contributed by atoms with Gasteiger partial charge in [-0.15, -0.1) is 0 Å². The second kappa shape index (κ2) is 6.92. The number of carbonyl (C=O) groups excluding carboxylic acids is 1. The molecule has 0 saturated heterocycles. The van der Waals surface area contributed by atoms with Crippen molar-refractivity contribution in [2.45, 2.75) is 6.42 Å². The molecule has 0 radical (unpaired) electrons. The minimum atomic E-state index is -0.255. The fourth-order valence-electron chi connectivity index (χ4n) is 2.12. The van der Waals surface area contributed by atoms with Gasteiger partial charge in [-0.2, -0.15) is 0 Å². The molecule has 0 aromatic heterocycles. The molecule has 1 aliphatic rings. The summed E-state index contributed by atoms with van der Waals surface area (Å²) in [6.45, 7) is 0.595. The van der Waals surface area contributed by atoms with Gasteiger partial charge in [-0.25, -0.2) is 4.39 Å². The molecule has 5 heteroatoms. The highest BCUT2D eigenvalue weighted by Crippen LogP contribution is 2.28. The first kappa shape index (κ1) is 15.1. The van der Waals surface area contributed by atoms with E-state index in [0.717, 1.165) is 5.56 Å². The quantitative estimate of drug-likeness (QED) is 0.801. The maximum atomic E-state index is 13.2. The zero-order chi connectivity index (χ0) is 15.2. The number of amides is 1. The Morgan fingerprint density at radius 2 is 2.05 bits per heavy atom. The standard InChI is InChI=1S/C16H18FNO3/c1-20-14-7-5-12(10-15(14)21-2)6-8-16(19)18-9-3-4-13(17)11-18/h4-8,10H,3,9,11H2,1-2H3/b8-6+. The van der Waals surface area contributed by atoms with Gasteiger partial charge in [-0.3, -0.25) is 4.79 Å². The van der Waals surface area contributed by atoms with E-state index in [2.05, 4.69) is 0 Å². The maximum Gasteiger partial charge on any atom is 0.246 e. The number of benzene rings is 1. The van der Waals surface area contributed by atoms with Crippen LogP contribution in [0.1, 0.15) is 12.0 Å². The Morgan fingerprint density at radius 1 is 1.29 bits per heavy atom. The van der Waals surface area contributed by atoms with Crippen molar-refractivity contribution in [2.24, 2.45) is 0 Å². The molecule has 1 heterocycles. The normalized spacial score (nSPS) is 15.0. The lowest BCUT2D eigenvalue weighted by Crippen LogP contribution is -2.33. The molecule has 2 rings (SSSR count). The van der Waals surface area contributed by atoms with Gasteiger partial charge in [0.25, 0.3) is 0 Å². The molecule has 0 fully saturated rings. The number of rotatable bonds is 4. The van der Waals surface area contributed by atoms with Crippen molar-refractivity contribution >= 4 is 12.0 Å². The summed E-state index contributed by atoms with van der Waals surface area (Å²) in [6, 6.07) is 5.37. The first-order chi connectivity index (χ1) is 10.1. The molecule has 1 amide bonds.